The van der Waals surface area contributed by atoms with Gasteiger partial charge in [0.25, 0.3) is 0 Å². The summed E-state index contributed by atoms with van der Waals surface area (Å²) in [5.74, 6) is 3.04. The molecule has 5 heteroatoms. The summed E-state index contributed by atoms with van der Waals surface area (Å²) in [4.78, 5) is 2.57. The van der Waals surface area contributed by atoms with Gasteiger partial charge in [-0.3, -0.25) is 0 Å². The molecule has 1 saturated heterocycles. The van der Waals surface area contributed by atoms with E-state index in [9.17, 15) is 0 Å². The van der Waals surface area contributed by atoms with Crippen LogP contribution in [0.4, 0.5) is 0 Å². The molecule has 3 heterocycles. The van der Waals surface area contributed by atoms with E-state index in [1.807, 2.05) is 0 Å². The van der Waals surface area contributed by atoms with E-state index in [0.717, 1.165) is 39.1 Å². The maximum Gasteiger partial charge on any atom is 0.137 e. The Balaban J connectivity index is 1.64. The molecule has 1 fully saturated rings. The first-order valence-electron chi connectivity index (χ1n) is 8.51. The molecule has 1 atom stereocenters. The van der Waals surface area contributed by atoms with Gasteiger partial charge in [0.1, 0.15) is 11.6 Å². The largest absolute Gasteiger partial charge is 0.385 e. The van der Waals surface area contributed by atoms with E-state index in [0.29, 0.717) is 5.92 Å². The average molecular weight is 292 g/mol. The molecule has 5 nitrogen and oxygen atoms in total. The van der Waals surface area contributed by atoms with Crippen LogP contribution in [0.2, 0.25) is 0 Å². The van der Waals surface area contributed by atoms with Crippen LogP contribution in [0.3, 0.4) is 0 Å². The number of fused-ring (bicyclic) bond motifs is 1. The van der Waals surface area contributed by atoms with Gasteiger partial charge in [-0.25, -0.2) is 0 Å². The summed E-state index contributed by atoms with van der Waals surface area (Å²) < 4.78 is 7.59. The van der Waals surface area contributed by atoms with Gasteiger partial charge in [-0.15, -0.1) is 10.2 Å². The van der Waals surface area contributed by atoms with Crippen molar-refractivity contribution in [1.29, 1.82) is 0 Å². The predicted molar refractivity (Wildman–Crippen MR) is 82.5 cm³/mol. The molecule has 3 rings (SSSR count). The second-order valence-electron chi connectivity index (χ2n) is 6.42. The molecule has 2 aliphatic heterocycles. The zero-order valence-corrected chi connectivity index (χ0v) is 13.3. The Morgan fingerprint density at radius 3 is 3.00 bits per heavy atom. The van der Waals surface area contributed by atoms with Gasteiger partial charge >= 0.3 is 0 Å². The van der Waals surface area contributed by atoms with Gasteiger partial charge in [-0.1, -0.05) is 6.42 Å². The topological polar surface area (TPSA) is 43.2 Å². The van der Waals surface area contributed by atoms with Gasteiger partial charge in [0, 0.05) is 45.7 Å². The van der Waals surface area contributed by atoms with Gasteiger partial charge in [-0.05, 0) is 38.6 Å². The summed E-state index contributed by atoms with van der Waals surface area (Å²) in [5.41, 5.74) is 0. The zero-order valence-electron chi connectivity index (χ0n) is 13.3. The third-order valence-electron chi connectivity index (χ3n) is 4.83. The number of aromatic nitrogens is 3. The van der Waals surface area contributed by atoms with Crippen molar-refractivity contribution in [1.82, 2.24) is 19.7 Å². The quantitative estimate of drug-likeness (QED) is 0.781. The number of ether oxygens (including phenoxy) is 1. The molecule has 1 aromatic heterocycles. The first-order valence-corrected chi connectivity index (χ1v) is 8.51. The molecule has 0 spiro atoms. The second-order valence-corrected chi connectivity index (χ2v) is 6.42. The highest BCUT2D eigenvalue weighted by atomic mass is 16.5. The standard InChI is InChI=1S/C16H28N4O/c1-21-12-6-10-19-9-5-7-14(13-19)16-18-17-15-8-3-2-4-11-20(15)16/h14H,2-13H2,1H3/t14-/m0/s1. The minimum Gasteiger partial charge on any atom is -0.385 e. The van der Waals surface area contributed by atoms with Crippen molar-refractivity contribution in [3.63, 3.8) is 0 Å². The molecule has 0 aliphatic carbocycles. The van der Waals surface area contributed by atoms with Crippen LogP contribution in [-0.2, 0) is 17.7 Å². The fraction of sp³-hybridized carbons (Fsp3) is 0.875. The highest BCUT2D eigenvalue weighted by Gasteiger charge is 2.26. The lowest BCUT2D eigenvalue weighted by atomic mass is 9.97. The molecule has 118 valence electrons. The molecule has 0 unspecified atom stereocenters. The Morgan fingerprint density at radius 2 is 2.10 bits per heavy atom. The van der Waals surface area contributed by atoms with Crippen molar-refractivity contribution in [3.05, 3.63) is 11.6 Å². The number of rotatable bonds is 5. The monoisotopic (exact) mass is 292 g/mol. The zero-order chi connectivity index (χ0) is 14.5. The predicted octanol–water partition coefficient (Wildman–Crippen LogP) is 2.22. The molecule has 1 aromatic rings. The fourth-order valence-electron chi connectivity index (χ4n) is 3.71. The lowest BCUT2D eigenvalue weighted by molar-refractivity contribution is 0.153. The van der Waals surface area contributed by atoms with Gasteiger partial charge in [0.05, 0.1) is 0 Å². The Hall–Kier alpha value is -0.940. The molecule has 0 aromatic carbocycles. The lowest BCUT2D eigenvalue weighted by Gasteiger charge is -2.32. The first-order chi connectivity index (χ1) is 10.4. The Morgan fingerprint density at radius 1 is 1.14 bits per heavy atom. The highest BCUT2D eigenvalue weighted by Crippen LogP contribution is 2.27. The van der Waals surface area contributed by atoms with Crippen molar-refractivity contribution in [2.24, 2.45) is 0 Å². The maximum absolute atomic E-state index is 5.17. The molecule has 2 aliphatic rings. The molecule has 0 radical (unpaired) electrons. The van der Waals surface area contributed by atoms with Crippen molar-refractivity contribution in [2.45, 2.75) is 57.4 Å². The number of aryl methyl sites for hydroxylation is 1. The number of piperidine rings is 1. The molecule has 0 N–H and O–H groups in total. The van der Waals surface area contributed by atoms with Crippen LogP contribution >= 0.6 is 0 Å². The van der Waals surface area contributed by atoms with Crippen molar-refractivity contribution >= 4 is 0 Å². The van der Waals surface area contributed by atoms with E-state index < -0.39 is 0 Å². The summed E-state index contributed by atoms with van der Waals surface area (Å²) in [7, 11) is 1.78. The van der Waals surface area contributed by atoms with Crippen molar-refractivity contribution < 1.29 is 4.74 Å². The third-order valence-corrected chi connectivity index (χ3v) is 4.83. The first kappa shape index (κ1) is 15.0. The van der Waals surface area contributed by atoms with E-state index in [4.69, 9.17) is 4.74 Å². The van der Waals surface area contributed by atoms with Crippen molar-refractivity contribution in [2.75, 3.05) is 33.4 Å². The number of methoxy groups -OCH3 is 1. The second kappa shape index (κ2) is 7.36. The van der Waals surface area contributed by atoms with E-state index >= 15 is 0 Å². The molecule has 0 saturated carbocycles. The van der Waals surface area contributed by atoms with E-state index in [1.54, 1.807) is 7.11 Å². The van der Waals surface area contributed by atoms with Gasteiger partial charge in [0.2, 0.25) is 0 Å². The van der Waals surface area contributed by atoms with Crippen LogP contribution < -0.4 is 0 Å². The van der Waals surface area contributed by atoms with Crippen LogP contribution in [0.1, 0.15) is 56.1 Å². The van der Waals surface area contributed by atoms with Gasteiger partial charge < -0.3 is 14.2 Å². The van der Waals surface area contributed by atoms with Crippen LogP contribution in [-0.4, -0.2) is 53.0 Å². The fourth-order valence-corrected chi connectivity index (χ4v) is 3.71. The number of hydrogen-bond donors (Lipinski definition) is 0. The Bertz CT molecular complexity index is 445. The molecular weight excluding hydrogens is 264 g/mol. The summed E-state index contributed by atoms with van der Waals surface area (Å²) >= 11 is 0. The number of likely N-dealkylation sites (tertiary alicyclic amines) is 1. The summed E-state index contributed by atoms with van der Waals surface area (Å²) in [6.45, 7) is 5.49. The van der Waals surface area contributed by atoms with Crippen LogP contribution in [0.15, 0.2) is 0 Å². The average Bonchev–Trinajstić information content (AvgIpc) is 2.77. The minimum absolute atomic E-state index is 0.570. The van der Waals surface area contributed by atoms with Gasteiger partial charge in [0.15, 0.2) is 0 Å². The van der Waals surface area contributed by atoms with Crippen molar-refractivity contribution in [3.8, 4) is 0 Å². The number of nitrogens with zero attached hydrogens (tertiary/aromatic N) is 4. The van der Waals surface area contributed by atoms with Crippen LogP contribution in [0.25, 0.3) is 0 Å². The van der Waals surface area contributed by atoms with Gasteiger partial charge in [-0.2, -0.15) is 0 Å². The molecular formula is C16H28N4O. The highest BCUT2D eigenvalue weighted by molar-refractivity contribution is 5.05. The number of hydrogen-bond acceptors (Lipinski definition) is 4. The van der Waals surface area contributed by atoms with Crippen LogP contribution in [0, 0.1) is 0 Å². The molecule has 0 amide bonds. The van der Waals surface area contributed by atoms with E-state index in [2.05, 4.69) is 19.7 Å². The molecule has 0 bridgehead atoms. The summed E-state index contributed by atoms with van der Waals surface area (Å²) in [6, 6.07) is 0. The SMILES string of the molecule is COCCCN1CCC[C@H](c2nnc3n2CCCCC3)C1. The lowest BCUT2D eigenvalue weighted by Crippen LogP contribution is -2.36. The van der Waals surface area contributed by atoms with Crippen LogP contribution in [0.5, 0.6) is 0 Å². The maximum atomic E-state index is 5.17. The minimum atomic E-state index is 0.570. The molecule has 21 heavy (non-hydrogen) atoms. The summed E-state index contributed by atoms with van der Waals surface area (Å²) in [5, 5.41) is 9.02. The van der Waals surface area contributed by atoms with E-state index in [-0.39, 0.29) is 0 Å². The van der Waals surface area contributed by atoms with E-state index in [1.165, 1.54) is 50.3 Å². The smallest absolute Gasteiger partial charge is 0.137 e. The normalized spacial score (nSPS) is 23.8. The Labute approximate surface area is 127 Å². The third kappa shape index (κ3) is 3.64. The summed E-state index contributed by atoms with van der Waals surface area (Å²) in [6.07, 6.45) is 8.65. The Kier molecular flexibility index (Phi) is 5.25.